The third-order valence-electron chi connectivity index (χ3n) is 5.81. The van der Waals surface area contributed by atoms with Crippen molar-refractivity contribution in [2.45, 2.75) is 57.7 Å². The third kappa shape index (κ3) is 6.89. The van der Waals surface area contributed by atoms with Gasteiger partial charge in [0.05, 0.1) is 7.11 Å². The second kappa shape index (κ2) is 11.8. The maximum atomic E-state index is 13.1. The quantitative estimate of drug-likeness (QED) is 0.596. The number of nitrogens with zero attached hydrogens (tertiary/aromatic N) is 1. The van der Waals surface area contributed by atoms with Gasteiger partial charge in [-0.15, -0.1) is 0 Å². The number of carbonyl (C=O) groups is 2. The van der Waals surface area contributed by atoms with E-state index in [9.17, 15) is 9.59 Å². The SMILES string of the molecule is COc1ccc(OCC(=O)N(Cc2ccc(Cl)cc2)[C@H](C)C(=O)NC2CCCCC2)cc1. The molecule has 0 spiro atoms. The fourth-order valence-electron chi connectivity index (χ4n) is 3.84. The van der Waals surface area contributed by atoms with Gasteiger partial charge >= 0.3 is 0 Å². The third-order valence-corrected chi connectivity index (χ3v) is 6.06. The van der Waals surface area contributed by atoms with Gasteiger partial charge < -0.3 is 19.7 Å². The second-order valence-corrected chi connectivity index (χ2v) is 8.57. The highest BCUT2D eigenvalue weighted by atomic mass is 35.5. The number of nitrogens with one attached hydrogen (secondary N) is 1. The van der Waals surface area contributed by atoms with E-state index in [-0.39, 0.29) is 24.5 Å². The summed E-state index contributed by atoms with van der Waals surface area (Å²) in [6.07, 6.45) is 5.45. The van der Waals surface area contributed by atoms with E-state index >= 15 is 0 Å². The molecule has 32 heavy (non-hydrogen) atoms. The Morgan fingerprint density at radius 1 is 1.03 bits per heavy atom. The summed E-state index contributed by atoms with van der Waals surface area (Å²) in [6.45, 7) is 1.89. The number of methoxy groups -OCH3 is 1. The van der Waals surface area contributed by atoms with Gasteiger partial charge in [-0.2, -0.15) is 0 Å². The summed E-state index contributed by atoms with van der Waals surface area (Å²) in [6, 6.07) is 13.9. The Balaban J connectivity index is 1.68. The molecule has 6 nitrogen and oxygen atoms in total. The maximum Gasteiger partial charge on any atom is 0.261 e. The fourth-order valence-corrected chi connectivity index (χ4v) is 3.96. The van der Waals surface area contributed by atoms with Crippen molar-refractivity contribution in [1.82, 2.24) is 10.2 Å². The van der Waals surface area contributed by atoms with Crippen molar-refractivity contribution in [3.05, 3.63) is 59.1 Å². The Morgan fingerprint density at radius 3 is 2.28 bits per heavy atom. The number of rotatable bonds is 9. The molecule has 1 fully saturated rings. The minimum absolute atomic E-state index is 0.135. The van der Waals surface area contributed by atoms with E-state index in [1.807, 2.05) is 12.1 Å². The van der Waals surface area contributed by atoms with Crippen LogP contribution in [0.3, 0.4) is 0 Å². The zero-order valence-corrected chi connectivity index (χ0v) is 19.4. The molecule has 1 saturated carbocycles. The molecule has 0 heterocycles. The van der Waals surface area contributed by atoms with E-state index < -0.39 is 6.04 Å². The van der Waals surface area contributed by atoms with Gasteiger partial charge in [-0.05, 0) is 61.7 Å². The van der Waals surface area contributed by atoms with Gasteiger partial charge in [-0.25, -0.2) is 0 Å². The van der Waals surface area contributed by atoms with Crippen LogP contribution in [0.2, 0.25) is 5.02 Å². The van der Waals surface area contributed by atoms with Crippen molar-refractivity contribution in [2.75, 3.05) is 13.7 Å². The van der Waals surface area contributed by atoms with Crippen LogP contribution in [-0.4, -0.2) is 42.5 Å². The molecule has 1 N–H and O–H groups in total. The van der Waals surface area contributed by atoms with Crippen LogP contribution in [0, 0.1) is 0 Å². The van der Waals surface area contributed by atoms with Crippen molar-refractivity contribution in [1.29, 1.82) is 0 Å². The maximum absolute atomic E-state index is 13.1. The Kier molecular flexibility index (Phi) is 8.80. The summed E-state index contributed by atoms with van der Waals surface area (Å²) in [5.41, 5.74) is 0.893. The van der Waals surface area contributed by atoms with Gasteiger partial charge in [0.25, 0.3) is 5.91 Å². The first-order valence-corrected chi connectivity index (χ1v) is 11.4. The molecule has 2 amide bonds. The lowest BCUT2D eigenvalue weighted by atomic mass is 9.95. The molecule has 7 heteroatoms. The number of amides is 2. The molecule has 1 atom stereocenters. The van der Waals surface area contributed by atoms with Crippen molar-refractivity contribution in [2.24, 2.45) is 0 Å². The first-order valence-electron chi connectivity index (χ1n) is 11.1. The molecule has 0 aliphatic heterocycles. The summed E-state index contributed by atoms with van der Waals surface area (Å²) in [7, 11) is 1.59. The molecular weight excluding hydrogens is 428 g/mol. The van der Waals surface area contributed by atoms with E-state index in [0.29, 0.717) is 23.1 Å². The van der Waals surface area contributed by atoms with E-state index in [1.165, 1.54) is 6.42 Å². The lowest BCUT2D eigenvalue weighted by Crippen LogP contribution is -2.51. The van der Waals surface area contributed by atoms with Gasteiger partial charge in [0.15, 0.2) is 6.61 Å². The highest BCUT2D eigenvalue weighted by Gasteiger charge is 2.28. The molecule has 1 aliphatic rings. The van der Waals surface area contributed by atoms with Crippen LogP contribution < -0.4 is 14.8 Å². The van der Waals surface area contributed by atoms with Gasteiger partial charge in [-0.1, -0.05) is 43.0 Å². The Labute approximate surface area is 194 Å². The van der Waals surface area contributed by atoms with Crippen LogP contribution in [0.5, 0.6) is 11.5 Å². The molecule has 0 radical (unpaired) electrons. The van der Waals surface area contributed by atoms with Crippen LogP contribution in [0.1, 0.15) is 44.6 Å². The largest absolute Gasteiger partial charge is 0.497 e. The zero-order valence-electron chi connectivity index (χ0n) is 18.7. The van der Waals surface area contributed by atoms with E-state index in [2.05, 4.69) is 5.32 Å². The zero-order chi connectivity index (χ0) is 22.9. The molecular formula is C25H31ClN2O4. The number of hydrogen-bond acceptors (Lipinski definition) is 4. The Bertz CT molecular complexity index is 880. The van der Waals surface area contributed by atoms with E-state index in [1.54, 1.807) is 55.3 Å². The highest BCUT2D eigenvalue weighted by Crippen LogP contribution is 2.20. The molecule has 0 aromatic heterocycles. The number of ether oxygens (including phenoxy) is 2. The van der Waals surface area contributed by atoms with Crippen LogP contribution in [0.25, 0.3) is 0 Å². The summed E-state index contributed by atoms with van der Waals surface area (Å²) >= 11 is 6.00. The first-order chi connectivity index (χ1) is 15.5. The van der Waals surface area contributed by atoms with Gasteiger partial charge in [-0.3, -0.25) is 9.59 Å². The number of benzene rings is 2. The molecule has 172 valence electrons. The van der Waals surface area contributed by atoms with Crippen molar-refractivity contribution < 1.29 is 19.1 Å². The molecule has 3 rings (SSSR count). The topological polar surface area (TPSA) is 67.9 Å². The van der Waals surface area contributed by atoms with Crippen LogP contribution in [-0.2, 0) is 16.1 Å². The van der Waals surface area contributed by atoms with Gasteiger partial charge in [0, 0.05) is 17.6 Å². The highest BCUT2D eigenvalue weighted by molar-refractivity contribution is 6.30. The number of carbonyl (C=O) groups excluding carboxylic acids is 2. The predicted octanol–water partition coefficient (Wildman–Crippen LogP) is 4.59. The summed E-state index contributed by atoms with van der Waals surface area (Å²) < 4.78 is 10.8. The van der Waals surface area contributed by atoms with Crippen LogP contribution in [0.15, 0.2) is 48.5 Å². The smallest absolute Gasteiger partial charge is 0.261 e. The summed E-state index contributed by atoms with van der Waals surface area (Å²) in [4.78, 5) is 27.6. The van der Waals surface area contributed by atoms with Crippen LogP contribution in [0.4, 0.5) is 0 Å². The number of halogens is 1. The normalized spacial score (nSPS) is 15.0. The first kappa shape index (κ1) is 23.9. The lowest BCUT2D eigenvalue weighted by Gasteiger charge is -2.31. The van der Waals surface area contributed by atoms with Crippen LogP contribution >= 0.6 is 11.6 Å². The monoisotopic (exact) mass is 458 g/mol. The average Bonchev–Trinajstić information content (AvgIpc) is 2.82. The van der Waals surface area contributed by atoms with Crippen molar-refractivity contribution >= 4 is 23.4 Å². The average molecular weight is 459 g/mol. The predicted molar refractivity (Wildman–Crippen MR) is 125 cm³/mol. The lowest BCUT2D eigenvalue weighted by molar-refractivity contribution is -0.142. The van der Waals surface area contributed by atoms with Crippen molar-refractivity contribution in [3.8, 4) is 11.5 Å². The Hall–Kier alpha value is -2.73. The molecule has 2 aromatic carbocycles. The fraction of sp³-hybridized carbons (Fsp3) is 0.440. The second-order valence-electron chi connectivity index (χ2n) is 8.13. The summed E-state index contributed by atoms with van der Waals surface area (Å²) in [5, 5.41) is 3.75. The van der Waals surface area contributed by atoms with Crippen molar-refractivity contribution in [3.63, 3.8) is 0 Å². The Morgan fingerprint density at radius 2 is 1.66 bits per heavy atom. The minimum atomic E-state index is -0.625. The molecule has 0 bridgehead atoms. The van der Waals surface area contributed by atoms with Gasteiger partial charge in [0.2, 0.25) is 5.91 Å². The van der Waals surface area contributed by atoms with Gasteiger partial charge in [0.1, 0.15) is 17.5 Å². The molecule has 1 aliphatic carbocycles. The molecule has 0 unspecified atom stereocenters. The molecule has 2 aromatic rings. The standard InChI is InChI=1S/C25H31ClN2O4/c1-18(25(30)27-21-6-4-3-5-7-21)28(16-19-8-10-20(26)11-9-19)24(29)17-32-23-14-12-22(31-2)13-15-23/h8-15,18,21H,3-7,16-17H2,1-2H3,(H,27,30)/t18-/m1/s1. The van der Waals surface area contributed by atoms with E-state index in [4.69, 9.17) is 21.1 Å². The molecule has 0 saturated heterocycles. The van der Waals surface area contributed by atoms with E-state index in [0.717, 1.165) is 31.2 Å². The minimum Gasteiger partial charge on any atom is -0.497 e. The number of hydrogen-bond donors (Lipinski definition) is 1. The summed E-state index contributed by atoms with van der Waals surface area (Å²) in [5.74, 6) is 0.872.